The molecule has 0 amide bonds. The molecule has 0 aliphatic carbocycles. The molecule has 3 rings (SSSR count). The van der Waals surface area contributed by atoms with Gasteiger partial charge in [-0.15, -0.1) is 0 Å². The summed E-state index contributed by atoms with van der Waals surface area (Å²) in [6.07, 6.45) is 1.52. The van der Waals surface area contributed by atoms with Gasteiger partial charge in [-0.1, -0.05) is 32.9 Å². The first-order valence-electron chi connectivity index (χ1n) is 9.87. The molecule has 0 saturated heterocycles. The number of aromatic nitrogens is 1. The molecule has 7 nitrogen and oxygen atoms in total. The Labute approximate surface area is 183 Å². The second-order valence-corrected chi connectivity index (χ2v) is 15.3. The number of benzene rings is 2. The number of nitrogens with one attached hydrogen (secondary N) is 1. The third-order valence-corrected chi connectivity index (χ3v) is 11.1. The maximum absolute atomic E-state index is 11.1. The van der Waals surface area contributed by atoms with E-state index < -0.39 is 18.4 Å². The lowest BCUT2D eigenvalue weighted by molar-refractivity contribution is 0.276. The summed E-state index contributed by atoms with van der Waals surface area (Å²) in [6.45, 7) is 11.5. The van der Waals surface area contributed by atoms with Crippen molar-refractivity contribution < 1.29 is 22.5 Å². The van der Waals surface area contributed by atoms with E-state index in [0.717, 1.165) is 16.5 Å². The van der Waals surface area contributed by atoms with Gasteiger partial charge < -0.3 is 14.5 Å². The fraction of sp³-hybridized carbons (Fsp3) is 0.318. The van der Waals surface area contributed by atoms with Gasteiger partial charge in [0.25, 0.3) is 10.1 Å². The summed E-state index contributed by atoms with van der Waals surface area (Å²) in [4.78, 5) is 7.07. The van der Waals surface area contributed by atoms with Gasteiger partial charge in [-0.3, -0.25) is 9.55 Å². The highest BCUT2D eigenvalue weighted by atomic mass is 32.2. The van der Waals surface area contributed by atoms with Crippen molar-refractivity contribution in [3.8, 4) is 5.88 Å². The van der Waals surface area contributed by atoms with E-state index in [4.69, 9.17) is 8.98 Å². The number of H-pyrrole nitrogens is 1. The molecule has 2 aromatic carbocycles. The van der Waals surface area contributed by atoms with Crippen molar-refractivity contribution in [3.63, 3.8) is 0 Å². The first kappa shape index (κ1) is 23.2. The number of rotatable bonds is 6. The Hall–Kier alpha value is -2.46. The average Bonchev–Trinajstić information content (AvgIpc) is 2.98. The fourth-order valence-electron chi connectivity index (χ4n) is 2.80. The summed E-state index contributed by atoms with van der Waals surface area (Å²) < 4.78 is 37.6. The summed E-state index contributed by atoms with van der Waals surface area (Å²) in [7, 11) is -6.11. The molecule has 31 heavy (non-hydrogen) atoms. The molecule has 0 saturated carbocycles. The number of aromatic amines is 1. The van der Waals surface area contributed by atoms with Crippen LogP contribution < -0.4 is 0 Å². The van der Waals surface area contributed by atoms with Crippen LogP contribution in [0.15, 0.2) is 52.4 Å². The van der Waals surface area contributed by atoms with Crippen LogP contribution in [0.1, 0.15) is 31.9 Å². The molecule has 3 N–H and O–H groups in total. The molecular weight excluding hydrogens is 432 g/mol. The Kier molecular flexibility index (Phi) is 6.16. The lowest BCUT2D eigenvalue weighted by Gasteiger charge is -2.36. The second-order valence-electron chi connectivity index (χ2n) is 9.04. The molecule has 0 spiro atoms. The molecule has 0 radical (unpaired) electrons. The van der Waals surface area contributed by atoms with Gasteiger partial charge in [0.1, 0.15) is 0 Å². The van der Waals surface area contributed by atoms with E-state index >= 15 is 0 Å². The molecule has 0 fully saturated rings. The van der Waals surface area contributed by atoms with Crippen molar-refractivity contribution in [2.45, 2.75) is 50.4 Å². The SMILES string of the molecule is CC(C)(C)[Si](C)(C)OCc1ccc2c(C=Nc3ccc(S(=O)(=O)O)cc3)c(O)[nH]c2c1. The van der Waals surface area contributed by atoms with Crippen LogP contribution in [-0.4, -0.2) is 37.6 Å². The second kappa shape index (κ2) is 8.23. The van der Waals surface area contributed by atoms with Crippen molar-refractivity contribution in [2.24, 2.45) is 4.99 Å². The van der Waals surface area contributed by atoms with E-state index in [1.165, 1.54) is 30.5 Å². The van der Waals surface area contributed by atoms with Crippen molar-refractivity contribution in [1.29, 1.82) is 0 Å². The van der Waals surface area contributed by atoms with Crippen molar-refractivity contribution in [3.05, 3.63) is 53.6 Å². The van der Waals surface area contributed by atoms with E-state index in [-0.39, 0.29) is 15.8 Å². The van der Waals surface area contributed by atoms with Gasteiger partial charge in [0.05, 0.1) is 22.8 Å². The monoisotopic (exact) mass is 460 g/mol. The van der Waals surface area contributed by atoms with E-state index in [2.05, 4.69) is 43.8 Å². The van der Waals surface area contributed by atoms with Crippen molar-refractivity contribution >= 4 is 41.2 Å². The molecule has 0 aliphatic rings. The number of hydrogen-bond donors (Lipinski definition) is 3. The van der Waals surface area contributed by atoms with Gasteiger partial charge in [-0.25, -0.2) is 0 Å². The molecule has 1 heterocycles. The predicted molar refractivity (Wildman–Crippen MR) is 125 cm³/mol. The van der Waals surface area contributed by atoms with E-state index in [0.29, 0.717) is 17.9 Å². The lowest BCUT2D eigenvalue weighted by atomic mass is 10.1. The van der Waals surface area contributed by atoms with Crippen LogP contribution in [0.4, 0.5) is 5.69 Å². The zero-order chi connectivity index (χ0) is 23.0. The molecule has 0 unspecified atom stereocenters. The smallest absolute Gasteiger partial charge is 0.294 e. The molecular formula is C22H28N2O5SSi. The van der Waals surface area contributed by atoms with Crippen molar-refractivity contribution in [1.82, 2.24) is 4.98 Å². The van der Waals surface area contributed by atoms with Crippen LogP contribution in [0, 0.1) is 0 Å². The standard InChI is InChI=1S/C22H28N2O5SSi/c1-22(2,3)31(4,5)29-14-15-6-11-18-19(21(25)24-20(18)12-15)13-23-16-7-9-17(10-8-16)30(26,27)28/h6-13,24-25H,14H2,1-5H3,(H,26,27,28). The van der Waals surface area contributed by atoms with E-state index in [9.17, 15) is 13.5 Å². The van der Waals surface area contributed by atoms with Crippen LogP contribution in [0.2, 0.25) is 18.1 Å². The Morgan fingerprint density at radius 3 is 2.35 bits per heavy atom. The minimum atomic E-state index is -4.24. The summed E-state index contributed by atoms with van der Waals surface area (Å²) in [5, 5.41) is 11.3. The topological polar surface area (TPSA) is 112 Å². The van der Waals surface area contributed by atoms with Gasteiger partial charge >= 0.3 is 0 Å². The van der Waals surface area contributed by atoms with Crippen LogP contribution in [0.5, 0.6) is 5.88 Å². The molecule has 0 aliphatic heterocycles. The highest BCUT2D eigenvalue weighted by molar-refractivity contribution is 7.85. The third kappa shape index (κ3) is 5.24. The molecule has 166 valence electrons. The lowest BCUT2D eigenvalue weighted by Crippen LogP contribution is -2.40. The maximum atomic E-state index is 11.1. The first-order valence-corrected chi connectivity index (χ1v) is 14.2. The largest absolute Gasteiger partial charge is 0.494 e. The molecule has 0 atom stereocenters. The number of fused-ring (bicyclic) bond motifs is 1. The first-order chi connectivity index (χ1) is 14.3. The maximum Gasteiger partial charge on any atom is 0.294 e. The molecule has 0 bridgehead atoms. The minimum Gasteiger partial charge on any atom is -0.494 e. The highest BCUT2D eigenvalue weighted by Gasteiger charge is 2.37. The number of aliphatic imine (C=N–C) groups is 1. The van der Waals surface area contributed by atoms with Gasteiger partial charge in [-0.05, 0) is 54.0 Å². The van der Waals surface area contributed by atoms with Crippen LogP contribution in [0.25, 0.3) is 10.9 Å². The predicted octanol–water partition coefficient (Wildman–Crippen LogP) is 5.39. The zero-order valence-corrected chi connectivity index (χ0v) is 20.1. The molecule has 3 aromatic rings. The Morgan fingerprint density at radius 1 is 1.13 bits per heavy atom. The Morgan fingerprint density at radius 2 is 1.77 bits per heavy atom. The summed E-state index contributed by atoms with van der Waals surface area (Å²) in [5.74, 6) is -0.00392. The summed E-state index contributed by atoms with van der Waals surface area (Å²) in [6, 6.07) is 11.3. The number of hydrogen-bond acceptors (Lipinski definition) is 5. The molecule has 1 aromatic heterocycles. The van der Waals surface area contributed by atoms with Crippen LogP contribution >= 0.6 is 0 Å². The van der Waals surface area contributed by atoms with Gasteiger partial charge in [0, 0.05) is 17.1 Å². The van der Waals surface area contributed by atoms with Gasteiger partial charge in [-0.2, -0.15) is 8.42 Å². The van der Waals surface area contributed by atoms with Crippen molar-refractivity contribution in [2.75, 3.05) is 0 Å². The van der Waals surface area contributed by atoms with E-state index in [1.54, 1.807) is 0 Å². The molecule has 9 heteroatoms. The van der Waals surface area contributed by atoms with Crippen LogP contribution in [0.3, 0.4) is 0 Å². The Bertz CT molecular complexity index is 1220. The number of nitrogens with zero attached hydrogens (tertiary/aromatic N) is 1. The quantitative estimate of drug-likeness (QED) is 0.259. The van der Waals surface area contributed by atoms with Crippen LogP contribution in [-0.2, 0) is 21.2 Å². The number of aromatic hydroxyl groups is 1. The average molecular weight is 461 g/mol. The zero-order valence-electron chi connectivity index (χ0n) is 18.3. The summed E-state index contributed by atoms with van der Waals surface area (Å²) >= 11 is 0. The third-order valence-electron chi connectivity index (χ3n) is 5.77. The minimum absolute atomic E-state index is 0.00392. The fourth-order valence-corrected chi connectivity index (χ4v) is 4.24. The van der Waals surface area contributed by atoms with Gasteiger partial charge in [0.15, 0.2) is 14.2 Å². The summed E-state index contributed by atoms with van der Waals surface area (Å²) in [5.41, 5.74) is 2.81. The Balaban J connectivity index is 1.81. The van der Waals surface area contributed by atoms with Gasteiger partial charge in [0.2, 0.25) is 0 Å². The normalized spacial score (nSPS) is 13.4. The van der Waals surface area contributed by atoms with E-state index in [1.807, 2.05) is 18.2 Å². The highest BCUT2D eigenvalue weighted by Crippen LogP contribution is 2.37.